The molecule has 0 atom stereocenters. The Kier molecular flexibility index (Phi) is 6.42. The number of hydrogen-bond donors (Lipinski definition) is 0. The lowest BCUT2D eigenvalue weighted by molar-refractivity contribution is -0.118. The predicted molar refractivity (Wildman–Crippen MR) is 115 cm³/mol. The van der Waals surface area contributed by atoms with Crippen molar-refractivity contribution in [3.8, 4) is 0 Å². The topological polar surface area (TPSA) is 36.4 Å². The molecule has 0 saturated carbocycles. The standard InChI is InChI=1S/C22H26FN3OS/c1-15-6-7-16(2)17(12-15)13-21(27)26(11-5-10-25(3)4)22-24-19-9-8-18(23)14-20(19)28-22/h6-9,12,14H,5,10-11,13H2,1-4H3. The van der Waals surface area contributed by atoms with Crippen molar-refractivity contribution < 1.29 is 9.18 Å². The number of thiazole rings is 1. The van der Waals surface area contributed by atoms with Gasteiger partial charge >= 0.3 is 0 Å². The minimum absolute atomic E-state index is 0.0204. The van der Waals surface area contributed by atoms with Crippen LogP contribution in [0.15, 0.2) is 36.4 Å². The molecule has 1 amide bonds. The zero-order valence-corrected chi connectivity index (χ0v) is 17.6. The van der Waals surface area contributed by atoms with E-state index in [1.54, 1.807) is 11.0 Å². The van der Waals surface area contributed by atoms with Crippen molar-refractivity contribution >= 4 is 32.6 Å². The normalized spacial score (nSPS) is 11.4. The fourth-order valence-electron chi connectivity index (χ4n) is 3.12. The summed E-state index contributed by atoms with van der Waals surface area (Å²) in [4.78, 5) is 21.7. The van der Waals surface area contributed by atoms with E-state index in [0.29, 0.717) is 18.1 Å². The monoisotopic (exact) mass is 399 g/mol. The van der Waals surface area contributed by atoms with E-state index in [1.807, 2.05) is 27.9 Å². The fourth-order valence-corrected chi connectivity index (χ4v) is 4.16. The van der Waals surface area contributed by atoms with E-state index in [1.165, 1.54) is 23.5 Å². The molecule has 4 nitrogen and oxygen atoms in total. The molecule has 148 valence electrons. The number of rotatable bonds is 7. The van der Waals surface area contributed by atoms with Crippen molar-refractivity contribution in [3.05, 3.63) is 58.9 Å². The number of amides is 1. The van der Waals surface area contributed by atoms with Crippen LogP contribution in [0.2, 0.25) is 0 Å². The molecule has 0 bridgehead atoms. The van der Waals surface area contributed by atoms with Crippen LogP contribution in [-0.2, 0) is 11.2 Å². The van der Waals surface area contributed by atoms with Crippen molar-refractivity contribution in [1.82, 2.24) is 9.88 Å². The lowest BCUT2D eigenvalue weighted by atomic mass is 10.0. The minimum atomic E-state index is -0.288. The van der Waals surface area contributed by atoms with Gasteiger partial charge in [-0.2, -0.15) is 0 Å². The number of fused-ring (bicyclic) bond motifs is 1. The maximum Gasteiger partial charge on any atom is 0.233 e. The van der Waals surface area contributed by atoms with E-state index in [4.69, 9.17) is 0 Å². The molecule has 1 aromatic heterocycles. The molecule has 0 aliphatic carbocycles. The highest BCUT2D eigenvalue weighted by molar-refractivity contribution is 7.22. The molecule has 1 heterocycles. The number of benzene rings is 2. The summed E-state index contributed by atoms with van der Waals surface area (Å²) in [6.07, 6.45) is 1.18. The Bertz CT molecular complexity index is 983. The van der Waals surface area contributed by atoms with Gasteiger partial charge in [-0.25, -0.2) is 9.37 Å². The summed E-state index contributed by atoms with van der Waals surface area (Å²) in [5.41, 5.74) is 4.01. The first-order valence-electron chi connectivity index (χ1n) is 9.41. The summed E-state index contributed by atoms with van der Waals surface area (Å²) in [7, 11) is 4.03. The van der Waals surface area contributed by atoms with Gasteiger partial charge in [0.1, 0.15) is 5.82 Å². The maximum atomic E-state index is 13.6. The second-order valence-corrected chi connectivity index (χ2v) is 8.43. The average Bonchev–Trinajstić information content (AvgIpc) is 3.04. The van der Waals surface area contributed by atoms with E-state index in [2.05, 4.69) is 28.1 Å². The van der Waals surface area contributed by atoms with Crippen LogP contribution in [0.25, 0.3) is 10.2 Å². The van der Waals surface area contributed by atoms with Gasteiger partial charge in [0, 0.05) is 6.54 Å². The molecule has 0 unspecified atom stereocenters. The van der Waals surface area contributed by atoms with Crippen LogP contribution < -0.4 is 4.90 Å². The Hall–Kier alpha value is -2.31. The minimum Gasteiger partial charge on any atom is -0.309 e. The Labute approximate surface area is 169 Å². The highest BCUT2D eigenvalue weighted by Crippen LogP contribution is 2.30. The number of aromatic nitrogens is 1. The number of hydrogen-bond acceptors (Lipinski definition) is 4. The third-order valence-corrected chi connectivity index (χ3v) is 5.75. The molecule has 0 aliphatic rings. The highest BCUT2D eigenvalue weighted by atomic mass is 32.1. The van der Waals surface area contributed by atoms with Gasteiger partial charge in [0.15, 0.2) is 5.13 Å². The van der Waals surface area contributed by atoms with Gasteiger partial charge in [0.05, 0.1) is 16.6 Å². The molecule has 0 aliphatic heterocycles. The molecule has 6 heteroatoms. The predicted octanol–water partition coefficient (Wildman–Crippen LogP) is 4.58. The lowest BCUT2D eigenvalue weighted by Crippen LogP contribution is -2.34. The second kappa shape index (κ2) is 8.80. The van der Waals surface area contributed by atoms with Crippen LogP contribution in [0.4, 0.5) is 9.52 Å². The Morgan fingerprint density at radius 3 is 2.64 bits per heavy atom. The summed E-state index contributed by atoms with van der Waals surface area (Å²) in [6.45, 7) is 5.53. The lowest BCUT2D eigenvalue weighted by Gasteiger charge is -2.21. The number of aryl methyl sites for hydroxylation is 2. The quantitative estimate of drug-likeness (QED) is 0.583. The van der Waals surface area contributed by atoms with Crippen LogP contribution in [0, 0.1) is 19.7 Å². The van der Waals surface area contributed by atoms with E-state index < -0.39 is 0 Å². The van der Waals surface area contributed by atoms with Crippen LogP contribution in [0.3, 0.4) is 0 Å². The zero-order valence-electron chi connectivity index (χ0n) is 16.8. The van der Waals surface area contributed by atoms with Gasteiger partial charge in [0.25, 0.3) is 0 Å². The molecular formula is C22H26FN3OS. The SMILES string of the molecule is Cc1ccc(C)c(CC(=O)N(CCCN(C)C)c2nc3ccc(F)cc3s2)c1. The van der Waals surface area contributed by atoms with Crippen LogP contribution >= 0.6 is 11.3 Å². The van der Waals surface area contributed by atoms with E-state index in [-0.39, 0.29) is 11.7 Å². The van der Waals surface area contributed by atoms with Crippen LogP contribution in [0.5, 0.6) is 0 Å². The fraction of sp³-hybridized carbons (Fsp3) is 0.364. The zero-order chi connectivity index (χ0) is 20.3. The Morgan fingerprint density at radius 2 is 1.89 bits per heavy atom. The molecular weight excluding hydrogens is 373 g/mol. The van der Waals surface area contributed by atoms with Gasteiger partial charge in [-0.3, -0.25) is 9.69 Å². The number of carbonyl (C=O) groups excluding carboxylic acids is 1. The second-order valence-electron chi connectivity index (χ2n) is 7.42. The molecule has 28 heavy (non-hydrogen) atoms. The van der Waals surface area contributed by atoms with Crippen molar-refractivity contribution in [1.29, 1.82) is 0 Å². The summed E-state index contributed by atoms with van der Waals surface area (Å²) in [5, 5.41) is 0.634. The molecule has 0 radical (unpaired) electrons. The summed E-state index contributed by atoms with van der Waals surface area (Å²) in [5.74, 6) is -0.268. The van der Waals surface area contributed by atoms with E-state index in [9.17, 15) is 9.18 Å². The average molecular weight is 400 g/mol. The molecule has 3 aromatic rings. The first-order chi connectivity index (χ1) is 13.3. The van der Waals surface area contributed by atoms with E-state index >= 15 is 0 Å². The Balaban J connectivity index is 1.88. The van der Waals surface area contributed by atoms with Gasteiger partial charge < -0.3 is 4.90 Å². The summed E-state index contributed by atoms with van der Waals surface area (Å²) in [6, 6.07) is 10.7. The van der Waals surface area contributed by atoms with Crippen LogP contribution in [0.1, 0.15) is 23.1 Å². The first-order valence-corrected chi connectivity index (χ1v) is 10.2. The molecule has 2 aromatic carbocycles. The molecule has 0 fully saturated rings. The van der Waals surface area contributed by atoms with Crippen molar-refractivity contribution in [2.24, 2.45) is 0 Å². The third-order valence-electron chi connectivity index (χ3n) is 4.70. The number of halogens is 1. The van der Waals surface area contributed by atoms with Crippen molar-refractivity contribution in [2.45, 2.75) is 26.7 Å². The van der Waals surface area contributed by atoms with Gasteiger partial charge in [-0.15, -0.1) is 0 Å². The largest absolute Gasteiger partial charge is 0.309 e. The van der Waals surface area contributed by atoms with Crippen molar-refractivity contribution in [3.63, 3.8) is 0 Å². The van der Waals surface area contributed by atoms with Gasteiger partial charge in [0.2, 0.25) is 5.91 Å². The molecule has 0 N–H and O–H groups in total. The maximum absolute atomic E-state index is 13.6. The van der Waals surface area contributed by atoms with Crippen molar-refractivity contribution in [2.75, 3.05) is 32.1 Å². The molecule has 3 rings (SSSR count). The number of anilines is 1. The van der Waals surface area contributed by atoms with Gasteiger partial charge in [-0.1, -0.05) is 35.1 Å². The molecule has 0 saturated heterocycles. The number of nitrogens with zero attached hydrogens (tertiary/aromatic N) is 3. The third kappa shape index (κ3) is 4.94. The summed E-state index contributed by atoms with van der Waals surface area (Å²) < 4.78 is 14.3. The van der Waals surface area contributed by atoms with Gasteiger partial charge in [-0.05, 0) is 70.2 Å². The first kappa shape index (κ1) is 20.4. The van der Waals surface area contributed by atoms with Crippen LogP contribution in [-0.4, -0.2) is 43.0 Å². The van der Waals surface area contributed by atoms with E-state index in [0.717, 1.165) is 39.9 Å². The number of carbonyl (C=O) groups is 1. The highest BCUT2D eigenvalue weighted by Gasteiger charge is 2.21. The molecule has 0 spiro atoms. The Morgan fingerprint density at radius 1 is 1.11 bits per heavy atom. The summed E-state index contributed by atoms with van der Waals surface area (Å²) >= 11 is 1.36. The smallest absolute Gasteiger partial charge is 0.233 e.